The van der Waals surface area contributed by atoms with E-state index in [2.05, 4.69) is 5.32 Å². The highest BCUT2D eigenvalue weighted by Gasteiger charge is 2.36. The minimum Gasteiger partial charge on any atom is -0.493 e. The van der Waals surface area contributed by atoms with E-state index in [1.807, 2.05) is 18.2 Å². The first-order valence-electron chi connectivity index (χ1n) is 7.87. The third-order valence-corrected chi connectivity index (χ3v) is 4.32. The van der Waals surface area contributed by atoms with E-state index in [0.717, 1.165) is 55.6 Å². The lowest BCUT2D eigenvalue weighted by Gasteiger charge is -2.22. The summed E-state index contributed by atoms with van der Waals surface area (Å²) in [5.74, 6) is 1.46. The topological polar surface area (TPSA) is 73.6 Å². The molecule has 0 atom stereocenters. The number of rotatable bonds is 7. The van der Waals surface area contributed by atoms with Gasteiger partial charge in [0.2, 0.25) is 5.91 Å². The van der Waals surface area contributed by atoms with Gasteiger partial charge in [0.05, 0.1) is 19.8 Å². The van der Waals surface area contributed by atoms with Crippen LogP contribution in [-0.4, -0.2) is 32.2 Å². The molecule has 0 radical (unpaired) electrons. The molecule has 1 aliphatic rings. The Labute approximate surface area is 144 Å². The van der Waals surface area contributed by atoms with Crippen molar-refractivity contribution < 1.29 is 14.3 Å². The first-order valence-corrected chi connectivity index (χ1v) is 7.87. The number of carbonyl (C=O) groups is 1. The summed E-state index contributed by atoms with van der Waals surface area (Å²) < 4.78 is 10.5. The predicted octanol–water partition coefficient (Wildman–Crippen LogP) is 2.45. The van der Waals surface area contributed by atoms with Crippen molar-refractivity contribution in [1.29, 1.82) is 0 Å². The van der Waals surface area contributed by atoms with Gasteiger partial charge in [0, 0.05) is 6.54 Å². The maximum absolute atomic E-state index is 12.1. The van der Waals surface area contributed by atoms with Crippen LogP contribution in [-0.2, 0) is 11.2 Å². The van der Waals surface area contributed by atoms with E-state index in [0.29, 0.717) is 6.54 Å². The van der Waals surface area contributed by atoms with Crippen LogP contribution in [0.2, 0.25) is 0 Å². The van der Waals surface area contributed by atoms with E-state index >= 15 is 0 Å². The Morgan fingerprint density at radius 1 is 1.22 bits per heavy atom. The lowest BCUT2D eigenvalue weighted by atomic mass is 9.98. The van der Waals surface area contributed by atoms with E-state index in [4.69, 9.17) is 15.2 Å². The number of methoxy groups -OCH3 is 2. The number of benzene rings is 1. The summed E-state index contributed by atoms with van der Waals surface area (Å²) >= 11 is 0. The number of ether oxygens (including phenoxy) is 2. The fourth-order valence-corrected chi connectivity index (χ4v) is 2.94. The van der Waals surface area contributed by atoms with Crippen LogP contribution in [0, 0.1) is 0 Å². The molecule has 1 aromatic carbocycles. The molecule has 1 aliphatic carbocycles. The van der Waals surface area contributed by atoms with Crippen LogP contribution < -0.4 is 20.5 Å². The highest BCUT2D eigenvalue weighted by Crippen LogP contribution is 2.28. The Bertz CT molecular complexity index is 517. The molecule has 0 aliphatic heterocycles. The molecule has 0 aromatic heterocycles. The fourth-order valence-electron chi connectivity index (χ4n) is 2.94. The summed E-state index contributed by atoms with van der Waals surface area (Å²) in [5, 5.41) is 2.97. The number of halogens is 1. The van der Waals surface area contributed by atoms with E-state index in [1.165, 1.54) is 0 Å². The van der Waals surface area contributed by atoms with Crippen molar-refractivity contribution in [2.45, 2.75) is 44.1 Å². The third-order valence-electron chi connectivity index (χ3n) is 4.32. The minimum absolute atomic E-state index is 0. The van der Waals surface area contributed by atoms with Gasteiger partial charge in [-0.1, -0.05) is 18.9 Å². The van der Waals surface area contributed by atoms with Crippen LogP contribution in [0.25, 0.3) is 0 Å². The number of nitrogens with two attached hydrogens (primary N) is 1. The average Bonchev–Trinajstić information content (AvgIpc) is 2.99. The standard InChI is InChI=1S/C17H26N2O3.ClH/c1-21-14-8-7-13(12-15(14)22-2)6-5-11-19-16(20)17(18)9-3-4-10-17;/h7-8,12H,3-6,9-11,18H2,1-2H3,(H,19,20);1H. The maximum Gasteiger partial charge on any atom is 0.240 e. The molecule has 1 aromatic rings. The molecule has 3 N–H and O–H groups in total. The van der Waals surface area contributed by atoms with Crippen molar-refractivity contribution in [2.75, 3.05) is 20.8 Å². The number of amides is 1. The monoisotopic (exact) mass is 342 g/mol. The Morgan fingerprint density at radius 3 is 2.48 bits per heavy atom. The van der Waals surface area contributed by atoms with Crippen LogP contribution in [0.1, 0.15) is 37.7 Å². The predicted molar refractivity (Wildman–Crippen MR) is 93.5 cm³/mol. The number of hydrogen-bond donors (Lipinski definition) is 2. The van der Waals surface area contributed by atoms with Gasteiger partial charge in [0.25, 0.3) is 0 Å². The molecular formula is C17H27ClN2O3. The zero-order valence-electron chi connectivity index (χ0n) is 13.9. The van der Waals surface area contributed by atoms with Gasteiger partial charge in [-0.2, -0.15) is 0 Å². The fraction of sp³-hybridized carbons (Fsp3) is 0.588. The van der Waals surface area contributed by atoms with E-state index in [1.54, 1.807) is 14.2 Å². The SMILES string of the molecule is COc1ccc(CCCNC(=O)C2(N)CCCC2)cc1OC.Cl. The van der Waals surface area contributed by atoms with Gasteiger partial charge in [-0.05, 0) is 43.4 Å². The maximum atomic E-state index is 12.1. The van der Waals surface area contributed by atoms with Crippen molar-refractivity contribution >= 4 is 18.3 Å². The Balaban J connectivity index is 0.00000264. The van der Waals surface area contributed by atoms with Crippen molar-refractivity contribution in [3.8, 4) is 11.5 Å². The average molecular weight is 343 g/mol. The summed E-state index contributed by atoms with van der Waals surface area (Å²) in [6.45, 7) is 0.645. The molecule has 0 bridgehead atoms. The van der Waals surface area contributed by atoms with Crippen LogP contribution >= 0.6 is 12.4 Å². The van der Waals surface area contributed by atoms with Gasteiger partial charge in [-0.15, -0.1) is 12.4 Å². The number of hydrogen-bond acceptors (Lipinski definition) is 4. The molecule has 5 nitrogen and oxygen atoms in total. The third kappa shape index (κ3) is 5.01. The molecule has 2 rings (SSSR count). The second kappa shape index (κ2) is 8.99. The molecule has 1 amide bonds. The summed E-state index contributed by atoms with van der Waals surface area (Å²) in [6.07, 6.45) is 5.45. The van der Waals surface area contributed by atoms with E-state index in [9.17, 15) is 4.79 Å². The Morgan fingerprint density at radius 2 is 1.87 bits per heavy atom. The molecular weight excluding hydrogens is 316 g/mol. The summed E-state index contributed by atoms with van der Waals surface area (Å²) in [4.78, 5) is 12.1. The number of aryl methyl sites for hydroxylation is 1. The van der Waals surface area contributed by atoms with Crippen LogP contribution in [0.15, 0.2) is 18.2 Å². The molecule has 0 unspecified atom stereocenters. The highest BCUT2D eigenvalue weighted by atomic mass is 35.5. The first-order chi connectivity index (χ1) is 10.6. The normalized spacial score (nSPS) is 15.6. The van der Waals surface area contributed by atoms with Crippen molar-refractivity contribution in [3.63, 3.8) is 0 Å². The second-order valence-electron chi connectivity index (χ2n) is 5.91. The number of carbonyl (C=O) groups excluding carboxylic acids is 1. The van der Waals surface area contributed by atoms with Gasteiger partial charge in [-0.3, -0.25) is 4.79 Å². The van der Waals surface area contributed by atoms with E-state index < -0.39 is 5.54 Å². The van der Waals surface area contributed by atoms with Crippen LogP contribution in [0.3, 0.4) is 0 Å². The zero-order chi connectivity index (χ0) is 16.0. The summed E-state index contributed by atoms with van der Waals surface area (Å²) in [6, 6.07) is 5.90. The zero-order valence-corrected chi connectivity index (χ0v) is 14.7. The lowest BCUT2D eigenvalue weighted by molar-refractivity contribution is -0.126. The van der Waals surface area contributed by atoms with Crippen molar-refractivity contribution in [1.82, 2.24) is 5.32 Å². The Kier molecular flexibility index (Phi) is 7.65. The molecule has 6 heteroatoms. The lowest BCUT2D eigenvalue weighted by Crippen LogP contribution is -2.52. The smallest absolute Gasteiger partial charge is 0.240 e. The molecule has 0 heterocycles. The van der Waals surface area contributed by atoms with Crippen LogP contribution in [0.4, 0.5) is 0 Å². The van der Waals surface area contributed by atoms with Gasteiger partial charge in [0.15, 0.2) is 11.5 Å². The van der Waals surface area contributed by atoms with Gasteiger partial charge >= 0.3 is 0 Å². The van der Waals surface area contributed by atoms with Gasteiger partial charge in [-0.25, -0.2) is 0 Å². The van der Waals surface area contributed by atoms with Crippen molar-refractivity contribution in [2.24, 2.45) is 5.73 Å². The first kappa shape index (κ1) is 19.6. The van der Waals surface area contributed by atoms with E-state index in [-0.39, 0.29) is 18.3 Å². The Hall–Kier alpha value is -1.46. The second-order valence-corrected chi connectivity index (χ2v) is 5.91. The minimum atomic E-state index is -0.636. The highest BCUT2D eigenvalue weighted by molar-refractivity contribution is 5.86. The van der Waals surface area contributed by atoms with Gasteiger partial charge in [0.1, 0.15) is 0 Å². The van der Waals surface area contributed by atoms with Crippen LogP contribution in [0.5, 0.6) is 11.5 Å². The van der Waals surface area contributed by atoms with Crippen molar-refractivity contribution in [3.05, 3.63) is 23.8 Å². The molecule has 130 valence electrons. The quantitative estimate of drug-likeness (QED) is 0.746. The summed E-state index contributed by atoms with van der Waals surface area (Å²) in [5.41, 5.74) is 6.65. The molecule has 1 saturated carbocycles. The largest absolute Gasteiger partial charge is 0.493 e. The molecule has 1 fully saturated rings. The molecule has 23 heavy (non-hydrogen) atoms. The summed E-state index contributed by atoms with van der Waals surface area (Å²) in [7, 11) is 3.25. The molecule has 0 spiro atoms. The van der Waals surface area contributed by atoms with Gasteiger partial charge < -0.3 is 20.5 Å². The number of nitrogens with one attached hydrogen (secondary N) is 1. The molecule has 0 saturated heterocycles.